The number of carbonyl (C=O) groups is 1. The molecule has 1 N–H and O–H groups in total. The van der Waals surface area contributed by atoms with Gasteiger partial charge in [0.1, 0.15) is 0 Å². The molecule has 26 heavy (non-hydrogen) atoms. The van der Waals surface area contributed by atoms with Gasteiger partial charge in [0.15, 0.2) is 17.6 Å². The molecule has 1 amide bonds. The van der Waals surface area contributed by atoms with Crippen LogP contribution in [0.3, 0.4) is 0 Å². The maximum absolute atomic E-state index is 12.7. The Hall–Kier alpha value is -2.49. The third kappa shape index (κ3) is 4.57. The molecule has 0 aliphatic rings. The van der Waals surface area contributed by atoms with E-state index < -0.39 is 6.10 Å². The maximum Gasteiger partial charge on any atom is 0.261 e. The Morgan fingerprint density at radius 2 is 1.65 bits per heavy atom. The summed E-state index contributed by atoms with van der Waals surface area (Å²) in [6.07, 6.45) is 0.00305. The van der Waals surface area contributed by atoms with Gasteiger partial charge in [0.25, 0.3) is 5.91 Å². The zero-order valence-corrected chi connectivity index (χ0v) is 16.6. The average Bonchev–Trinajstić information content (AvgIpc) is 2.62. The van der Waals surface area contributed by atoms with Crippen molar-refractivity contribution in [2.24, 2.45) is 0 Å². The molecule has 0 heterocycles. The van der Waals surface area contributed by atoms with Gasteiger partial charge in [-0.05, 0) is 68.5 Å². The van der Waals surface area contributed by atoms with Gasteiger partial charge in [-0.1, -0.05) is 31.2 Å². The van der Waals surface area contributed by atoms with E-state index in [0.717, 1.165) is 5.56 Å². The van der Waals surface area contributed by atoms with E-state index in [4.69, 9.17) is 9.47 Å². The number of para-hydroxylation sites is 2. The number of amides is 1. The lowest BCUT2D eigenvalue weighted by atomic mass is 9.96. The van der Waals surface area contributed by atoms with Gasteiger partial charge in [-0.25, -0.2) is 0 Å². The molecule has 0 fully saturated rings. The van der Waals surface area contributed by atoms with E-state index in [1.54, 1.807) is 7.11 Å². The van der Waals surface area contributed by atoms with Crippen LogP contribution >= 0.6 is 0 Å². The van der Waals surface area contributed by atoms with Crippen LogP contribution in [-0.4, -0.2) is 19.1 Å². The summed E-state index contributed by atoms with van der Waals surface area (Å²) in [5, 5.41) is 3.09. The monoisotopic (exact) mass is 355 g/mol. The molecule has 0 aliphatic carbocycles. The fraction of sp³-hybridized carbons (Fsp3) is 0.409. The van der Waals surface area contributed by atoms with Crippen LogP contribution in [0.2, 0.25) is 0 Å². The molecule has 0 radical (unpaired) electrons. The van der Waals surface area contributed by atoms with Crippen LogP contribution in [0.5, 0.6) is 11.5 Å². The average molecular weight is 355 g/mol. The number of carbonyl (C=O) groups excluding carboxylic acids is 1. The second kappa shape index (κ2) is 8.75. The number of benzene rings is 2. The van der Waals surface area contributed by atoms with Gasteiger partial charge in [0.2, 0.25) is 0 Å². The highest BCUT2D eigenvalue weighted by atomic mass is 16.5. The van der Waals surface area contributed by atoms with Crippen LogP contribution in [-0.2, 0) is 4.79 Å². The summed E-state index contributed by atoms with van der Waals surface area (Å²) in [6.45, 7) is 10.2. The molecule has 2 aromatic rings. The Labute approximate surface area is 156 Å². The topological polar surface area (TPSA) is 47.6 Å². The fourth-order valence-corrected chi connectivity index (χ4v) is 3.03. The molecule has 2 rings (SSSR count). The Balaban J connectivity index is 2.12. The van der Waals surface area contributed by atoms with Crippen molar-refractivity contribution in [3.8, 4) is 11.5 Å². The lowest BCUT2D eigenvalue weighted by Gasteiger charge is -2.23. The van der Waals surface area contributed by atoms with Gasteiger partial charge in [-0.2, -0.15) is 0 Å². The van der Waals surface area contributed by atoms with Crippen molar-refractivity contribution in [2.45, 2.75) is 53.2 Å². The predicted molar refractivity (Wildman–Crippen MR) is 105 cm³/mol. The third-order valence-electron chi connectivity index (χ3n) is 4.71. The first-order valence-corrected chi connectivity index (χ1v) is 9.05. The number of aryl methyl sites for hydroxylation is 3. The minimum atomic E-state index is -0.569. The largest absolute Gasteiger partial charge is 0.493 e. The molecule has 0 spiro atoms. The number of methoxy groups -OCH3 is 1. The summed E-state index contributed by atoms with van der Waals surface area (Å²) < 4.78 is 11.2. The van der Waals surface area contributed by atoms with Gasteiger partial charge in [-0.3, -0.25) is 4.79 Å². The Bertz CT molecular complexity index is 770. The van der Waals surface area contributed by atoms with Gasteiger partial charge in [0, 0.05) is 0 Å². The molecule has 140 valence electrons. The SMILES string of the molecule is CCC(Oc1ccccc1OC)C(=O)NC(C)c1cc(C)c(C)cc1C. The first kappa shape index (κ1) is 19.8. The fourth-order valence-electron chi connectivity index (χ4n) is 3.03. The van der Waals surface area contributed by atoms with E-state index in [1.165, 1.54) is 16.7 Å². The smallest absolute Gasteiger partial charge is 0.261 e. The molecule has 2 aromatic carbocycles. The van der Waals surface area contributed by atoms with E-state index in [2.05, 4.69) is 38.2 Å². The zero-order chi connectivity index (χ0) is 19.3. The molecule has 0 saturated carbocycles. The van der Waals surface area contributed by atoms with Crippen molar-refractivity contribution in [3.05, 3.63) is 58.7 Å². The highest BCUT2D eigenvalue weighted by Gasteiger charge is 2.22. The normalized spacial score (nSPS) is 13.0. The van der Waals surface area contributed by atoms with Crippen molar-refractivity contribution < 1.29 is 14.3 Å². The van der Waals surface area contributed by atoms with Gasteiger partial charge in [-0.15, -0.1) is 0 Å². The van der Waals surface area contributed by atoms with Crippen molar-refractivity contribution in [1.29, 1.82) is 0 Å². The molecule has 0 aromatic heterocycles. The second-order valence-electron chi connectivity index (χ2n) is 6.69. The van der Waals surface area contributed by atoms with Crippen LogP contribution in [0.4, 0.5) is 0 Å². The summed E-state index contributed by atoms with van der Waals surface area (Å²) in [4.78, 5) is 12.7. The van der Waals surface area contributed by atoms with Gasteiger partial charge >= 0.3 is 0 Å². The molecular weight excluding hydrogens is 326 g/mol. The number of hydrogen-bond acceptors (Lipinski definition) is 3. The number of rotatable bonds is 7. The molecular formula is C22H29NO3. The lowest BCUT2D eigenvalue weighted by molar-refractivity contribution is -0.128. The second-order valence-corrected chi connectivity index (χ2v) is 6.69. The molecule has 4 heteroatoms. The van der Waals surface area contributed by atoms with Crippen LogP contribution < -0.4 is 14.8 Å². The summed E-state index contributed by atoms with van der Waals surface area (Å²) >= 11 is 0. The summed E-state index contributed by atoms with van der Waals surface area (Å²) in [5.41, 5.74) is 4.80. The van der Waals surface area contributed by atoms with Crippen LogP contribution in [0.15, 0.2) is 36.4 Å². The molecule has 0 bridgehead atoms. The third-order valence-corrected chi connectivity index (χ3v) is 4.71. The standard InChI is InChI=1S/C22H29NO3/c1-7-19(26-21-11-9-8-10-20(21)25-6)22(24)23-17(5)18-13-15(3)14(2)12-16(18)4/h8-13,17,19H,7H2,1-6H3,(H,23,24). The van der Waals surface area contributed by atoms with Crippen LogP contribution in [0.25, 0.3) is 0 Å². The Morgan fingerprint density at radius 3 is 2.27 bits per heavy atom. The number of ether oxygens (including phenoxy) is 2. The Kier molecular flexibility index (Phi) is 6.67. The predicted octanol–water partition coefficient (Wildman–Crippen LogP) is 4.66. The lowest BCUT2D eigenvalue weighted by Crippen LogP contribution is -2.39. The first-order valence-electron chi connectivity index (χ1n) is 9.05. The zero-order valence-electron chi connectivity index (χ0n) is 16.6. The van der Waals surface area contributed by atoms with Crippen molar-refractivity contribution in [1.82, 2.24) is 5.32 Å². The first-order chi connectivity index (χ1) is 12.4. The highest BCUT2D eigenvalue weighted by Crippen LogP contribution is 2.28. The van der Waals surface area contributed by atoms with Crippen LogP contribution in [0, 0.1) is 20.8 Å². The maximum atomic E-state index is 12.7. The van der Waals surface area contributed by atoms with E-state index in [9.17, 15) is 4.79 Å². The summed E-state index contributed by atoms with van der Waals surface area (Å²) in [7, 11) is 1.59. The minimum Gasteiger partial charge on any atom is -0.493 e. The highest BCUT2D eigenvalue weighted by molar-refractivity contribution is 5.81. The number of hydrogen-bond donors (Lipinski definition) is 1. The van der Waals surface area contributed by atoms with E-state index in [-0.39, 0.29) is 11.9 Å². The van der Waals surface area contributed by atoms with Crippen molar-refractivity contribution in [2.75, 3.05) is 7.11 Å². The molecule has 4 nitrogen and oxygen atoms in total. The minimum absolute atomic E-state index is 0.0860. The quantitative estimate of drug-likeness (QED) is 0.786. The summed E-state index contributed by atoms with van der Waals surface area (Å²) in [6, 6.07) is 11.6. The molecule has 0 aliphatic heterocycles. The van der Waals surface area contributed by atoms with Crippen molar-refractivity contribution in [3.63, 3.8) is 0 Å². The van der Waals surface area contributed by atoms with Crippen LogP contribution in [0.1, 0.15) is 48.6 Å². The van der Waals surface area contributed by atoms with Gasteiger partial charge < -0.3 is 14.8 Å². The molecule has 0 saturated heterocycles. The molecule has 2 atom stereocenters. The Morgan fingerprint density at radius 1 is 1.04 bits per heavy atom. The summed E-state index contributed by atoms with van der Waals surface area (Å²) in [5.74, 6) is 1.08. The van der Waals surface area contributed by atoms with Crippen molar-refractivity contribution >= 4 is 5.91 Å². The van der Waals surface area contributed by atoms with Gasteiger partial charge in [0.05, 0.1) is 13.2 Å². The number of nitrogens with one attached hydrogen (secondary N) is 1. The van der Waals surface area contributed by atoms with E-state index in [0.29, 0.717) is 17.9 Å². The van der Waals surface area contributed by atoms with E-state index >= 15 is 0 Å². The molecule has 2 unspecified atom stereocenters. The van der Waals surface area contributed by atoms with E-state index in [1.807, 2.05) is 38.1 Å².